The number of piperidine rings is 1. The number of rotatable bonds is 6. The molecule has 31 heavy (non-hydrogen) atoms. The second kappa shape index (κ2) is 10.8. The average molecular weight is 430 g/mol. The van der Waals surface area contributed by atoms with E-state index in [0.29, 0.717) is 13.1 Å². The van der Waals surface area contributed by atoms with Crippen LogP contribution in [0.4, 0.5) is 16.2 Å². The van der Waals surface area contributed by atoms with Gasteiger partial charge in [-0.2, -0.15) is 0 Å². The maximum absolute atomic E-state index is 12.9. The average Bonchev–Trinajstić information content (AvgIpc) is 2.81. The van der Waals surface area contributed by atoms with Gasteiger partial charge in [-0.3, -0.25) is 4.79 Å². The molecule has 0 saturated carbocycles. The standard InChI is InChI=1S/C24H39N5O2/c1-5-26-14-16-28(17-15-26)21-8-9-22(19(4)18-21)25-23(30)20-10-12-29(13-11-20)24(31)27(6-2)7-3/h8-9,18,20H,5-7,10-17H2,1-4H3,(H,25,30). The normalized spacial score (nSPS) is 18.2. The van der Waals surface area contributed by atoms with E-state index in [9.17, 15) is 9.59 Å². The summed E-state index contributed by atoms with van der Waals surface area (Å²) in [5.41, 5.74) is 3.22. The monoisotopic (exact) mass is 429 g/mol. The molecule has 172 valence electrons. The first-order valence-electron chi connectivity index (χ1n) is 11.9. The maximum Gasteiger partial charge on any atom is 0.319 e. The van der Waals surface area contributed by atoms with Crippen molar-refractivity contribution in [3.8, 4) is 0 Å². The summed E-state index contributed by atoms with van der Waals surface area (Å²) in [5.74, 6) is 0.0318. The molecule has 2 saturated heterocycles. The van der Waals surface area contributed by atoms with E-state index in [0.717, 1.165) is 69.9 Å². The predicted molar refractivity (Wildman–Crippen MR) is 127 cm³/mol. The molecule has 0 aliphatic carbocycles. The summed E-state index contributed by atoms with van der Waals surface area (Å²) < 4.78 is 0. The van der Waals surface area contributed by atoms with Crippen molar-refractivity contribution in [3.63, 3.8) is 0 Å². The van der Waals surface area contributed by atoms with Crippen molar-refractivity contribution in [2.75, 3.05) is 69.1 Å². The highest BCUT2D eigenvalue weighted by molar-refractivity contribution is 5.93. The maximum atomic E-state index is 12.9. The molecular formula is C24H39N5O2. The Balaban J connectivity index is 1.52. The van der Waals surface area contributed by atoms with Crippen molar-refractivity contribution in [2.45, 2.75) is 40.5 Å². The fraction of sp³-hybridized carbons (Fsp3) is 0.667. The Bertz CT molecular complexity index is 748. The lowest BCUT2D eigenvalue weighted by Gasteiger charge is -2.36. The number of nitrogens with zero attached hydrogens (tertiary/aromatic N) is 4. The van der Waals surface area contributed by atoms with Crippen molar-refractivity contribution in [3.05, 3.63) is 23.8 Å². The molecule has 3 rings (SSSR count). The van der Waals surface area contributed by atoms with E-state index in [1.54, 1.807) is 0 Å². The zero-order chi connectivity index (χ0) is 22.4. The summed E-state index contributed by atoms with van der Waals surface area (Å²) in [7, 11) is 0. The number of likely N-dealkylation sites (N-methyl/N-ethyl adjacent to an activating group) is 1. The van der Waals surface area contributed by atoms with Crippen molar-refractivity contribution in [1.82, 2.24) is 14.7 Å². The number of urea groups is 1. The van der Waals surface area contributed by atoms with Crippen LogP contribution in [0.5, 0.6) is 0 Å². The number of hydrogen-bond donors (Lipinski definition) is 1. The van der Waals surface area contributed by atoms with Crippen LogP contribution in [-0.2, 0) is 4.79 Å². The molecule has 1 aromatic carbocycles. The van der Waals surface area contributed by atoms with Crippen LogP contribution in [0.3, 0.4) is 0 Å². The van der Waals surface area contributed by atoms with Gasteiger partial charge >= 0.3 is 6.03 Å². The Morgan fingerprint density at radius 2 is 1.65 bits per heavy atom. The summed E-state index contributed by atoms with van der Waals surface area (Å²) in [6, 6.07) is 6.43. The Kier molecular flexibility index (Phi) is 8.18. The third kappa shape index (κ3) is 5.70. The quantitative estimate of drug-likeness (QED) is 0.754. The van der Waals surface area contributed by atoms with Gasteiger partial charge in [0, 0.05) is 69.7 Å². The molecule has 7 nitrogen and oxygen atoms in total. The molecule has 2 aliphatic rings. The third-order valence-electron chi connectivity index (χ3n) is 6.82. The fourth-order valence-electron chi connectivity index (χ4n) is 4.57. The van der Waals surface area contributed by atoms with Crippen molar-refractivity contribution in [1.29, 1.82) is 0 Å². The van der Waals surface area contributed by atoms with Crippen LogP contribution in [0.15, 0.2) is 18.2 Å². The molecule has 0 spiro atoms. The molecule has 0 unspecified atom stereocenters. The van der Waals surface area contributed by atoms with E-state index in [2.05, 4.69) is 41.1 Å². The number of nitrogens with one attached hydrogen (secondary N) is 1. The van der Waals surface area contributed by atoms with Crippen LogP contribution in [0.25, 0.3) is 0 Å². The van der Waals surface area contributed by atoms with Crippen molar-refractivity contribution >= 4 is 23.3 Å². The predicted octanol–water partition coefficient (Wildman–Crippen LogP) is 3.25. The van der Waals surface area contributed by atoms with E-state index in [-0.39, 0.29) is 17.9 Å². The lowest BCUT2D eigenvalue weighted by atomic mass is 9.95. The second-order valence-corrected chi connectivity index (χ2v) is 8.63. The molecule has 0 radical (unpaired) electrons. The summed E-state index contributed by atoms with van der Waals surface area (Å²) in [5, 5.41) is 3.14. The van der Waals surface area contributed by atoms with Gasteiger partial charge in [-0.1, -0.05) is 6.92 Å². The number of carbonyl (C=O) groups excluding carboxylic acids is 2. The van der Waals surface area contributed by atoms with E-state index in [4.69, 9.17) is 0 Å². The van der Waals surface area contributed by atoms with Gasteiger partial charge in [-0.15, -0.1) is 0 Å². The minimum atomic E-state index is -0.0399. The Hall–Kier alpha value is -2.28. The summed E-state index contributed by atoms with van der Waals surface area (Å²) in [4.78, 5) is 34.0. The zero-order valence-electron chi connectivity index (χ0n) is 19.7. The van der Waals surface area contributed by atoms with Gasteiger partial charge in [0.2, 0.25) is 5.91 Å². The van der Waals surface area contributed by atoms with Crippen molar-refractivity contribution < 1.29 is 9.59 Å². The Labute approximate surface area is 187 Å². The highest BCUT2D eigenvalue weighted by atomic mass is 16.2. The van der Waals surface area contributed by atoms with Crippen LogP contribution in [0.2, 0.25) is 0 Å². The van der Waals surface area contributed by atoms with Gasteiger partial charge < -0.3 is 24.9 Å². The van der Waals surface area contributed by atoms with Crippen LogP contribution in [-0.4, -0.2) is 85.5 Å². The number of benzene rings is 1. The number of hydrogen-bond acceptors (Lipinski definition) is 4. The molecule has 0 aromatic heterocycles. The molecule has 2 heterocycles. The molecular weight excluding hydrogens is 390 g/mol. The molecule has 0 bridgehead atoms. The molecule has 0 atom stereocenters. The van der Waals surface area contributed by atoms with Gasteiger partial charge in [0.05, 0.1) is 0 Å². The van der Waals surface area contributed by atoms with E-state index < -0.39 is 0 Å². The highest BCUT2D eigenvalue weighted by Gasteiger charge is 2.29. The highest BCUT2D eigenvalue weighted by Crippen LogP contribution is 2.26. The molecule has 2 fully saturated rings. The molecule has 3 amide bonds. The Morgan fingerprint density at radius 1 is 1.00 bits per heavy atom. The fourth-order valence-corrected chi connectivity index (χ4v) is 4.57. The lowest BCUT2D eigenvalue weighted by Crippen LogP contribution is -2.47. The van der Waals surface area contributed by atoms with Crippen LogP contribution < -0.4 is 10.2 Å². The number of likely N-dealkylation sites (tertiary alicyclic amines) is 1. The van der Waals surface area contributed by atoms with Gasteiger partial charge in [0.25, 0.3) is 0 Å². The largest absolute Gasteiger partial charge is 0.369 e. The van der Waals surface area contributed by atoms with Crippen LogP contribution in [0, 0.1) is 12.8 Å². The van der Waals surface area contributed by atoms with Gasteiger partial charge in [-0.25, -0.2) is 4.79 Å². The zero-order valence-corrected chi connectivity index (χ0v) is 19.7. The second-order valence-electron chi connectivity index (χ2n) is 8.63. The first-order valence-corrected chi connectivity index (χ1v) is 11.9. The van der Waals surface area contributed by atoms with Gasteiger partial charge in [-0.05, 0) is 63.9 Å². The number of piperazine rings is 1. The smallest absolute Gasteiger partial charge is 0.319 e. The van der Waals surface area contributed by atoms with Crippen LogP contribution in [0.1, 0.15) is 39.2 Å². The summed E-state index contributed by atoms with van der Waals surface area (Å²) in [6.07, 6.45) is 1.44. The molecule has 1 N–H and O–H groups in total. The number of aryl methyl sites for hydroxylation is 1. The molecule has 1 aromatic rings. The van der Waals surface area contributed by atoms with E-state index >= 15 is 0 Å². The number of amides is 3. The first-order chi connectivity index (χ1) is 15.0. The minimum Gasteiger partial charge on any atom is -0.369 e. The number of carbonyl (C=O) groups is 2. The summed E-state index contributed by atoms with van der Waals surface area (Å²) >= 11 is 0. The van der Waals surface area contributed by atoms with E-state index in [1.807, 2.05) is 29.7 Å². The Morgan fingerprint density at radius 3 is 2.19 bits per heavy atom. The topological polar surface area (TPSA) is 59.1 Å². The molecule has 7 heteroatoms. The third-order valence-corrected chi connectivity index (χ3v) is 6.82. The first kappa shape index (κ1) is 23.4. The lowest BCUT2D eigenvalue weighted by molar-refractivity contribution is -0.121. The van der Waals surface area contributed by atoms with Crippen molar-refractivity contribution in [2.24, 2.45) is 5.92 Å². The van der Waals surface area contributed by atoms with Crippen LogP contribution >= 0.6 is 0 Å². The summed E-state index contributed by atoms with van der Waals surface area (Å²) in [6.45, 7) is 16.4. The SMILES string of the molecule is CCN1CCN(c2ccc(NC(=O)C3CCN(C(=O)N(CC)CC)CC3)c(C)c2)CC1. The minimum absolute atomic E-state index is 0.0399. The van der Waals surface area contributed by atoms with E-state index in [1.165, 1.54) is 5.69 Å². The number of anilines is 2. The molecule has 2 aliphatic heterocycles. The van der Waals surface area contributed by atoms with Gasteiger partial charge in [0.15, 0.2) is 0 Å². The van der Waals surface area contributed by atoms with Gasteiger partial charge in [0.1, 0.15) is 0 Å².